The summed E-state index contributed by atoms with van der Waals surface area (Å²) in [6.07, 6.45) is -0.400. The van der Waals surface area contributed by atoms with Gasteiger partial charge < -0.3 is 79.7 Å². The molecule has 26 heteroatoms. The molecule has 0 radical (unpaired) electrons. The third-order valence-electron chi connectivity index (χ3n) is 12.6. The van der Waals surface area contributed by atoms with Crippen molar-refractivity contribution in [2.24, 2.45) is 29.0 Å². The van der Waals surface area contributed by atoms with Gasteiger partial charge in [0.05, 0.1) is 12.6 Å². The molecule has 8 amide bonds. The van der Waals surface area contributed by atoms with Crippen LogP contribution in [0.4, 0.5) is 0 Å². The minimum absolute atomic E-state index is 0.0238. The number of unbranched alkanes of at least 4 members (excludes halogenated alkanes) is 2. The maximum atomic E-state index is 14.1. The average Bonchev–Trinajstić information content (AvgIpc) is 3.87. The molecule has 1 aliphatic heterocycles. The molecule has 1 aromatic carbocycles. The zero-order valence-electron chi connectivity index (χ0n) is 43.9. The Kier molecular flexibility index (Phi) is 29.2. The molecule has 76 heavy (non-hydrogen) atoms. The highest BCUT2D eigenvalue weighted by Gasteiger charge is 2.40. The van der Waals surface area contributed by atoms with E-state index in [1.54, 1.807) is 58.0 Å². The third-order valence-corrected chi connectivity index (χ3v) is 12.6. The lowest BCUT2D eigenvalue weighted by Crippen LogP contribution is -2.61. The van der Waals surface area contributed by atoms with Gasteiger partial charge in [-0.2, -0.15) is 0 Å². The van der Waals surface area contributed by atoms with E-state index in [1.165, 1.54) is 0 Å². The van der Waals surface area contributed by atoms with Gasteiger partial charge in [0.2, 0.25) is 47.3 Å². The molecule has 1 aliphatic rings. The van der Waals surface area contributed by atoms with Gasteiger partial charge in [0.25, 0.3) is 0 Å². The van der Waals surface area contributed by atoms with Crippen molar-refractivity contribution in [1.82, 2.24) is 42.1 Å². The van der Waals surface area contributed by atoms with Crippen molar-refractivity contribution < 1.29 is 73.2 Å². The predicted octanol–water partition coefficient (Wildman–Crippen LogP) is -2.29. The number of carboxylic acid groups (broad SMARTS) is 3. The molecule has 0 saturated carbocycles. The number of aliphatic hydroxyl groups is 1. The number of benzene rings is 1. The standard InChI is InChI=1S/C50H81N11O15/c1-28(2)25-35(58-48(73)41(53)29(3)4)46(71)56-33(18-20-39(63)64)44(69)54-31(15-8-10-22-51)43(68)60-37(27-62)49(74)61-24-12-17-38(61)47(72)57-32(16-9-11-23-52)42(67)55-34(19-21-40(65)66)45(70)59-36(50(75)76)26-30-13-6-5-7-14-30/h5-7,13-14,28-29,31-38,41,62H,8-12,15-27,51-53H2,1-4H3,(H,54,69)(H,55,67)(H,56,71)(H,57,72)(H,58,73)(H,59,70)(H,60,68)(H,63,64)(H,65,66)(H,75,76). The molecular weight excluding hydrogens is 995 g/mol. The normalized spacial score (nSPS) is 16.4. The van der Waals surface area contributed by atoms with Gasteiger partial charge in [0, 0.05) is 25.8 Å². The van der Waals surface area contributed by atoms with E-state index >= 15 is 0 Å². The first-order chi connectivity index (χ1) is 35.9. The van der Waals surface area contributed by atoms with Crippen LogP contribution in [0.3, 0.4) is 0 Å². The van der Waals surface area contributed by atoms with Gasteiger partial charge in [0.1, 0.15) is 48.3 Å². The van der Waals surface area contributed by atoms with Gasteiger partial charge in [-0.05, 0) is 101 Å². The first-order valence-corrected chi connectivity index (χ1v) is 25.8. The van der Waals surface area contributed by atoms with Gasteiger partial charge in [0.15, 0.2) is 0 Å². The summed E-state index contributed by atoms with van der Waals surface area (Å²) in [7, 11) is 0. The maximum absolute atomic E-state index is 14.1. The second kappa shape index (κ2) is 34.0. The quantitative estimate of drug-likeness (QED) is 0.0315. The Bertz CT molecular complexity index is 2110. The first-order valence-electron chi connectivity index (χ1n) is 25.8. The van der Waals surface area contributed by atoms with Crippen LogP contribution in [0.5, 0.6) is 0 Å². The van der Waals surface area contributed by atoms with Gasteiger partial charge in [-0.25, -0.2) is 4.79 Å². The van der Waals surface area contributed by atoms with Crippen molar-refractivity contribution in [1.29, 1.82) is 0 Å². The number of rotatable bonds is 36. The number of aliphatic hydroxyl groups excluding tert-OH is 1. The maximum Gasteiger partial charge on any atom is 0.326 e. The lowest BCUT2D eigenvalue weighted by Gasteiger charge is -2.30. The van der Waals surface area contributed by atoms with Gasteiger partial charge in [-0.3, -0.25) is 47.9 Å². The summed E-state index contributed by atoms with van der Waals surface area (Å²) in [5.74, 6) is -11.3. The zero-order valence-corrected chi connectivity index (χ0v) is 43.9. The van der Waals surface area contributed by atoms with Crippen LogP contribution in [-0.4, -0.2) is 171 Å². The molecule has 9 atom stereocenters. The number of carbonyl (C=O) groups is 11. The molecule has 0 bridgehead atoms. The summed E-state index contributed by atoms with van der Waals surface area (Å²) in [5.41, 5.74) is 18.0. The van der Waals surface area contributed by atoms with Crippen molar-refractivity contribution in [3.63, 3.8) is 0 Å². The van der Waals surface area contributed by atoms with Gasteiger partial charge >= 0.3 is 17.9 Å². The molecule has 1 heterocycles. The minimum Gasteiger partial charge on any atom is -0.481 e. The van der Waals surface area contributed by atoms with E-state index in [-0.39, 0.29) is 76.4 Å². The lowest BCUT2D eigenvalue weighted by molar-refractivity contribution is -0.144. The van der Waals surface area contributed by atoms with Crippen LogP contribution in [-0.2, 0) is 59.2 Å². The van der Waals surface area contributed by atoms with E-state index in [9.17, 15) is 73.2 Å². The number of aliphatic carboxylic acids is 3. The van der Waals surface area contributed by atoms with E-state index in [2.05, 4.69) is 37.2 Å². The summed E-state index contributed by atoms with van der Waals surface area (Å²) in [5, 5.41) is 56.9. The van der Waals surface area contributed by atoms with E-state index in [1.807, 2.05) is 0 Å². The second-order valence-corrected chi connectivity index (χ2v) is 19.7. The SMILES string of the molecule is CC(C)CC(NC(=O)C(N)C(C)C)C(=O)NC(CCC(=O)O)C(=O)NC(CCCCN)C(=O)NC(CO)C(=O)N1CCCC1C(=O)NC(CCCCN)C(=O)NC(CCC(=O)O)C(=O)NC(Cc1ccccc1)C(=O)O. The summed E-state index contributed by atoms with van der Waals surface area (Å²) in [6.45, 7) is 6.46. The van der Waals surface area contributed by atoms with Crippen LogP contribution in [0.2, 0.25) is 0 Å². The van der Waals surface area contributed by atoms with Crippen LogP contribution in [0, 0.1) is 11.8 Å². The van der Waals surface area contributed by atoms with Crippen molar-refractivity contribution in [2.45, 2.75) is 172 Å². The fourth-order valence-electron chi connectivity index (χ4n) is 8.24. The lowest BCUT2D eigenvalue weighted by atomic mass is 9.99. The van der Waals surface area contributed by atoms with Crippen LogP contribution < -0.4 is 54.4 Å². The van der Waals surface area contributed by atoms with E-state index in [0.717, 1.165) is 4.90 Å². The fourth-order valence-corrected chi connectivity index (χ4v) is 8.24. The highest BCUT2D eigenvalue weighted by molar-refractivity contribution is 5.98. The summed E-state index contributed by atoms with van der Waals surface area (Å²) in [6, 6.07) is -3.98. The number of hydrogen-bond acceptors (Lipinski definition) is 15. The molecule has 0 aromatic heterocycles. The topological polar surface area (TPSA) is 434 Å². The van der Waals surface area contributed by atoms with Crippen molar-refractivity contribution in [3.05, 3.63) is 35.9 Å². The smallest absolute Gasteiger partial charge is 0.326 e. The Morgan fingerprint density at radius 2 is 1.01 bits per heavy atom. The number of nitrogens with zero attached hydrogens (tertiary/aromatic N) is 1. The number of amides is 8. The molecule has 0 spiro atoms. The Balaban J connectivity index is 2.34. The van der Waals surface area contributed by atoms with Crippen LogP contribution in [0.25, 0.3) is 0 Å². The number of carbonyl (C=O) groups excluding carboxylic acids is 8. The monoisotopic (exact) mass is 1080 g/mol. The molecule has 9 unspecified atom stereocenters. The van der Waals surface area contributed by atoms with Crippen molar-refractivity contribution >= 4 is 65.2 Å². The highest BCUT2D eigenvalue weighted by Crippen LogP contribution is 2.20. The Hall–Kier alpha value is -6.77. The highest BCUT2D eigenvalue weighted by atomic mass is 16.4. The van der Waals surface area contributed by atoms with E-state index in [4.69, 9.17) is 17.2 Å². The predicted molar refractivity (Wildman–Crippen MR) is 275 cm³/mol. The Labute approximate surface area is 442 Å². The van der Waals surface area contributed by atoms with Crippen molar-refractivity contribution in [2.75, 3.05) is 26.2 Å². The number of nitrogens with two attached hydrogens (primary N) is 3. The van der Waals surface area contributed by atoms with Gasteiger partial charge in [-0.15, -0.1) is 0 Å². The molecule has 1 fully saturated rings. The average molecular weight is 1080 g/mol. The van der Waals surface area contributed by atoms with Gasteiger partial charge in [-0.1, -0.05) is 58.0 Å². The molecule has 1 saturated heterocycles. The molecule has 0 aliphatic carbocycles. The molecule has 17 N–H and O–H groups in total. The molecular formula is C50H81N11O15. The Morgan fingerprint density at radius 3 is 1.45 bits per heavy atom. The number of likely N-dealkylation sites (tertiary alicyclic amines) is 1. The van der Waals surface area contributed by atoms with Crippen LogP contribution in [0.1, 0.15) is 117 Å². The first kappa shape index (κ1) is 65.3. The number of carboxylic acids is 3. The van der Waals surface area contributed by atoms with E-state index < -0.39 is 152 Å². The molecule has 426 valence electrons. The number of nitrogens with one attached hydrogen (secondary N) is 7. The molecule has 2 rings (SSSR count). The van der Waals surface area contributed by atoms with E-state index in [0.29, 0.717) is 24.8 Å². The summed E-state index contributed by atoms with van der Waals surface area (Å²) < 4.78 is 0. The van der Waals surface area contributed by atoms with Crippen molar-refractivity contribution in [3.8, 4) is 0 Å². The molecule has 26 nitrogen and oxygen atoms in total. The Morgan fingerprint density at radius 1 is 0.579 bits per heavy atom. The fraction of sp³-hybridized carbons (Fsp3) is 0.660. The minimum atomic E-state index is -1.68. The second-order valence-electron chi connectivity index (χ2n) is 19.7. The summed E-state index contributed by atoms with van der Waals surface area (Å²) >= 11 is 0. The number of hydrogen-bond donors (Lipinski definition) is 14. The molecule has 1 aromatic rings. The zero-order chi connectivity index (χ0) is 57.1. The summed E-state index contributed by atoms with van der Waals surface area (Å²) in [4.78, 5) is 147. The largest absolute Gasteiger partial charge is 0.481 e. The van der Waals surface area contributed by atoms with Crippen LogP contribution in [0.15, 0.2) is 30.3 Å². The van der Waals surface area contributed by atoms with Crippen LogP contribution >= 0.6 is 0 Å². The third kappa shape index (κ3) is 23.0.